The van der Waals surface area contributed by atoms with Crippen LogP contribution in [0.5, 0.6) is 0 Å². The lowest BCUT2D eigenvalue weighted by atomic mass is 10.1. The van der Waals surface area contributed by atoms with Crippen LogP contribution in [-0.4, -0.2) is 112 Å². The molecule has 0 aliphatic carbocycles. The number of thiazole rings is 2. The summed E-state index contributed by atoms with van der Waals surface area (Å²) in [4.78, 5) is 43.4. The minimum Gasteiger partial charge on any atom is -0.444 e. The lowest BCUT2D eigenvalue weighted by Gasteiger charge is -2.37. The van der Waals surface area contributed by atoms with E-state index in [0.29, 0.717) is 69.6 Å². The van der Waals surface area contributed by atoms with Crippen molar-refractivity contribution in [1.29, 1.82) is 10.5 Å². The van der Waals surface area contributed by atoms with Crippen molar-refractivity contribution >= 4 is 73.3 Å². The first-order chi connectivity index (χ1) is 36.0. The predicted octanol–water partition coefficient (Wildman–Crippen LogP) is 10.7. The van der Waals surface area contributed by atoms with E-state index in [4.69, 9.17) is 24.7 Å². The van der Waals surface area contributed by atoms with Crippen molar-refractivity contribution in [3.05, 3.63) is 117 Å². The van der Waals surface area contributed by atoms with Gasteiger partial charge in [0.15, 0.2) is 10.3 Å². The molecule has 1 N–H and O–H groups in total. The smallest absolute Gasteiger partial charge is 0.410 e. The summed E-state index contributed by atoms with van der Waals surface area (Å²) in [7, 11) is 3.89. The van der Waals surface area contributed by atoms with E-state index in [1.165, 1.54) is 52.6 Å². The lowest BCUT2D eigenvalue weighted by Crippen LogP contribution is -2.50. The summed E-state index contributed by atoms with van der Waals surface area (Å²) in [6.07, 6.45) is 5.45. The summed E-state index contributed by atoms with van der Waals surface area (Å²) >= 11 is 2.62. The van der Waals surface area contributed by atoms with Crippen molar-refractivity contribution in [3.8, 4) is 34.7 Å². The molecule has 8 aromatic rings. The molecule has 20 heteroatoms. The molecule has 2 aliphatic rings. The van der Waals surface area contributed by atoms with Crippen LogP contribution in [0.1, 0.15) is 66.9 Å². The highest BCUT2D eigenvalue weighted by atomic mass is 32.1. The van der Waals surface area contributed by atoms with E-state index in [1.807, 2.05) is 44.7 Å². The molecular formula is C55H60F2N14O2S2. The van der Waals surface area contributed by atoms with Crippen molar-refractivity contribution < 1.29 is 18.3 Å². The number of hydrogen-bond donors (Lipinski definition) is 1. The highest BCUT2D eigenvalue weighted by Gasteiger charge is 2.29. The number of anilines is 6. The molecular weight excluding hydrogens is 991 g/mol. The molecule has 75 heavy (non-hydrogen) atoms. The number of aromatic nitrogens is 6. The Kier molecular flexibility index (Phi) is 15.1. The number of piperazine rings is 2. The number of fused-ring (bicyclic) bond motifs is 2. The molecule has 0 unspecified atom stereocenters. The van der Waals surface area contributed by atoms with Crippen LogP contribution in [-0.2, 0) is 17.6 Å². The van der Waals surface area contributed by atoms with Gasteiger partial charge in [0, 0.05) is 90.0 Å². The fourth-order valence-corrected chi connectivity index (χ4v) is 11.1. The molecule has 2 fully saturated rings. The van der Waals surface area contributed by atoms with Crippen LogP contribution in [0.4, 0.5) is 46.8 Å². The monoisotopic (exact) mass is 1050 g/mol. The predicted molar refractivity (Wildman–Crippen MR) is 294 cm³/mol. The number of amides is 1. The number of ether oxygens (including phenoxy) is 1. The average molecular weight is 1050 g/mol. The third kappa shape index (κ3) is 10.8. The number of hydrogen-bond acceptors (Lipinski definition) is 15. The number of imidazole rings is 2. The van der Waals surface area contributed by atoms with E-state index in [-0.39, 0.29) is 17.7 Å². The van der Waals surface area contributed by atoms with Crippen LogP contribution in [0.3, 0.4) is 0 Å². The number of aryl methyl sites for hydroxylation is 4. The molecule has 2 aliphatic heterocycles. The number of nitriles is 2. The van der Waals surface area contributed by atoms with Gasteiger partial charge in [-0.15, -0.1) is 0 Å². The summed E-state index contributed by atoms with van der Waals surface area (Å²) in [6, 6.07) is 21.0. The number of benzene rings is 2. The largest absolute Gasteiger partial charge is 0.444 e. The highest BCUT2D eigenvalue weighted by molar-refractivity contribution is 7.17. The van der Waals surface area contributed by atoms with Crippen LogP contribution in [0, 0.1) is 48.1 Å². The SMILES string of the molecule is CCc1nc2c(C)cc(N3CCN(C(=O)OC(C)(C)C)CC3)cn2c1N(C)c1nc(-c2ccc(F)cc2)c(C#N)s1.CCc1nc2c(C)cc(N3CCNCC3)cn2c1N(C)c1nc(-c2ccc(F)cc2)c(C#N)s1. The summed E-state index contributed by atoms with van der Waals surface area (Å²) in [6.45, 7) is 20.3. The van der Waals surface area contributed by atoms with E-state index >= 15 is 0 Å². The molecule has 2 saturated heterocycles. The van der Waals surface area contributed by atoms with Crippen molar-refractivity contribution in [2.24, 2.45) is 0 Å². The van der Waals surface area contributed by atoms with E-state index < -0.39 is 5.60 Å². The zero-order valence-electron chi connectivity index (χ0n) is 43.7. The van der Waals surface area contributed by atoms with E-state index in [9.17, 15) is 24.1 Å². The second-order valence-corrected chi connectivity index (χ2v) is 21.5. The number of rotatable bonds is 10. The van der Waals surface area contributed by atoms with E-state index in [1.54, 1.807) is 29.2 Å². The number of carbonyl (C=O) groups excluding carboxylic acids is 1. The van der Waals surface area contributed by atoms with Gasteiger partial charge in [0.1, 0.15) is 73.4 Å². The molecule has 0 saturated carbocycles. The molecule has 8 heterocycles. The van der Waals surface area contributed by atoms with Gasteiger partial charge in [-0.05, 0) is 119 Å². The lowest BCUT2D eigenvalue weighted by molar-refractivity contribution is 0.0240. The highest BCUT2D eigenvalue weighted by Crippen LogP contribution is 2.40. The van der Waals surface area contributed by atoms with Crippen LogP contribution >= 0.6 is 22.7 Å². The Labute approximate surface area is 443 Å². The van der Waals surface area contributed by atoms with Crippen LogP contribution < -0.4 is 24.9 Å². The number of carbonyl (C=O) groups is 1. The van der Waals surface area contributed by atoms with Gasteiger partial charge in [0.05, 0.1) is 22.8 Å². The van der Waals surface area contributed by atoms with Gasteiger partial charge in [0.2, 0.25) is 0 Å². The summed E-state index contributed by atoms with van der Waals surface area (Å²) in [5, 5.41) is 24.3. The Morgan fingerprint density at radius 3 is 1.48 bits per heavy atom. The number of nitrogens with zero attached hydrogens (tertiary/aromatic N) is 13. The van der Waals surface area contributed by atoms with Crippen molar-refractivity contribution in [2.75, 3.05) is 86.1 Å². The van der Waals surface area contributed by atoms with E-state index in [0.717, 1.165) is 89.3 Å². The fourth-order valence-electron chi connectivity index (χ4n) is 9.43. The Hall–Kier alpha value is -7.65. The number of nitrogens with one attached hydrogen (secondary N) is 1. The zero-order chi connectivity index (χ0) is 53.3. The Morgan fingerprint density at radius 1 is 0.680 bits per heavy atom. The molecule has 6 aromatic heterocycles. The summed E-state index contributed by atoms with van der Waals surface area (Å²) < 4.78 is 36.7. The van der Waals surface area contributed by atoms with Crippen LogP contribution in [0.25, 0.3) is 33.8 Å². The van der Waals surface area contributed by atoms with Gasteiger partial charge in [-0.2, -0.15) is 10.5 Å². The van der Waals surface area contributed by atoms with Crippen LogP contribution in [0.15, 0.2) is 73.1 Å². The van der Waals surface area contributed by atoms with Crippen molar-refractivity contribution in [1.82, 2.24) is 39.0 Å². The maximum absolute atomic E-state index is 13.5. The molecule has 0 radical (unpaired) electrons. The second kappa shape index (κ2) is 21.7. The molecule has 16 nitrogen and oxygen atoms in total. The van der Waals surface area contributed by atoms with Gasteiger partial charge >= 0.3 is 6.09 Å². The molecule has 2 aromatic carbocycles. The number of pyridine rings is 2. The maximum atomic E-state index is 13.5. The molecule has 388 valence electrons. The third-order valence-corrected chi connectivity index (χ3v) is 15.3. The van der Waals surface area contributed by atoms with Crippen molar-refractivity contribution in [2.45, 2.75) is 66.9 Å². The first-order valence-corrected chi connectivity index (χ1v) is 26.6. The normalized spacial score (nSPS) is 13.9. The third-order valence-electron chi connectivity index (χ3n) is 13.2. The standard InChI is InChI=1S/C30H34FN7O2S.C25H26FN7S/c1-7-23-27(35(6)28-34-25(24(17-32)41-28)20-8-10-21(31)11-9-20)38-18-22(16-19(2)26(38)33-23)36-12-14-37(15-13-36)29(39)40-30(3,4)5;1-4-20-24(33-15-19(13-16(2)23(33)29-20)32-11-9-28-10-12-32)31(3)25-30-22(21(14-27)34-25)17-5-7-18(26)8-6-17/h8-11,16,18H,7,12-15H2,1-6H3;5-8,13,15,28H,4,9-12H2,1-3H3. The Balaban J connectivity index is 0.000000187. The minimum atomic E-state index is -0.525. The Morgan fingerprint density at radius 2 is 1.09 bits per heavy atom. The van der Waals surface area contributed by atoms with Gasteiger partial charge < -0.3 is 34.6 Å². The molecule has 0 spiro atoms. The first-order valence-electron chi connectivity index (χ1n) is 25.0. The van der Waals surface area contributed by atoms with Gasteiger partial charge in [-0.25, -0.2) is 33.5 Å². The topological polar surface area (TPSA) is 162 Å². The molecule has 10 rings (SSSR count). The maximum Gasteiger partial charge on any atom is 0.410 e. The molecule has 0 bridgehead atoms. The fraction of sp³-hybridized carbons (Fsp3) is 0.364. The van der Waals surface area contributed by atoms with Crippen LogP contribution in [0.2, 0.25) is 0 Å². The van der Waals surface area contributed by atoms with Gasteiger partial charge in [-0.1, -0.05) is 36.5 Å². The second-order valence-electron chi connectivity index (χ2n) is 19.5. The Bertz CT molecular complexity index is 3460. The van der Waals surface area contributed by atoms with Crippen molar-refractivity contribution in [3.63, 3.8) is 0 Å². The molecule has 1 amide bonds. The van der Waals surface area contributed by atoms with Gasteiger partial charge in [-0.3, -0.25) is 8.80 Å². The summed E-state index contributed by atoms with van der Waals surface area (Å²) in [5.74, 6) is 1.17. The average Bonchev–Trinajstić information content (AvgIpc) is 4.22. The number of halogens is 2. The van der Waals surface area contributed by atoms with E-state index in [2.05, 4.69) is 88.3 Å². The quantitative estimate of drug-likeness (QED) is 0.138. The molecule has 0 atom stereocenters. The zero-order valence-corrected chi connectivity index (χ0v) is 45.3. The van der Waals surface area contributed by atoms with Gasteiger partial charge in [0.25, 0.3) is 0 Å². The first kappa shape index (κ1) is 52.2. The minimum absolute atomic E-state index is 0.282. The summed E-state index contributed by atoms with van der Waals surface area (Å²) in [5.41, 5.74) is 10.0.